The lowest BCUT2D eigenvalue weighted by Gasteiger charge is -2.21. The summed E-state index contributed by atoms with van der Waals surface area (Å²) in [5, 5.41) is 24.0. The number of benzene rings is 3. The molecule has 4 rings (SSSR count). The molecule has 0 saturated carbocycles. The minimum atomic E-state index is -0.985. The third-order valence-corrected chi connectivity index (χ3v) is 9.23. The zero-order valence-electron chi connectivity index (χ0n) is 25.5. The van der Waals surface area contributed by atoms with E-state index < -0.39 is 11.8 Å². The molecule has 8 nitrogen and oxygen atoms in total. The normalized spacial score (nSPS) is 11.9. The molecule has 0 fully saturated rings. The Morgan fingerprint density at radius 2 is 1.59 bits per heavy atom. The summed E-state index contributed by atoms with van der Waals surface area (Å²) in [7, 11) is 0. The van der Waals surface area contributed by atoms with E-state index in [9.17, 15) is 9.90 Å². The standard InChI is InChI=1S/C34H42ClN5O3S/c1-3-4-5-6-7-8-9-10-11-17-22-43-28-21-16-15-20-26(28)30(33(36)42)27-23-29(24(2)31(35)32(27)41)44-34-37-38-39-40(34)25-18-13-12-14-19-25/h12-16,18-21,23,30,41H,3-11,17,22H2,1-2H3,(H2,36,42). The van der Waals surface area contributed by atoms with E-state index in [2.05, 4.69) is 22.4 Å². The average molecular weight is 636 g/mol. The van der Waals surface area contributed by atoms with Crippen LogP contribution in [0.25, 0.3) is 5.69 Å². The summed E-state index contributed by atoms with van der Waals surface area (Å²) < 4.78 is 7.80. The molecule has 3 aromatic carbocycles. The second-order valence-electron chi connectivity index (χ2n) is 11.0. The Kier molecular flexibility index (Phi) is 12.9. The second kappa shape index (κ2) is 17.1. The van der Waals surface area contributed by atoms with E-state index in [1.54, 1.807) is 23.7 Å². The number of primary amides is 1. The molecule has 0 radical (unpaired) electrons. The number of nitrogens with zero attached hydrogens (tertiary/aromatic N) is 4. The first-order chi connectivity index (χ1) is 21.4. The topological polar surface area (TPSA) is 116 Å². The van der Waals surface area contributed by atoms with Crippen LogP contribution in [0.3, 0.4) is 0 Å². The van der Waals surface area contributed by atoms with Gasteiger partial charge in [-0.2, -0.15) is 4.68 Å². The number of aromatic hydroxyl groups is 1. The van der Waals surface area contributed by atoms with Crippen molar-refractivity contribution < 1.29 is 14.6 Å². The van der Waals surface area contributed by atoms with Crippen molar-refractivity contribution in [3.8, 4) is 17.2 Å². The quantitative estimate of drug-likeness (QED) is 0.105. The Morgan fingerprint density at radius 3 is 2.27 bits per heavy atom. The van der Waals surface area contributed by atoms with Gasteiger partial charge in [-0.25, -0.2) is 0 Å². The summed E-state index contributed by atoms with van der Waals surface area (Å²) in [6.07, 6.45) is 12.3. The van der Waals surface area contributed by atoms with Gasteiger partial charge < -0.3 is 15.6 Å². The van der Waals surface area contributed by atoms with E-state index in [1.165, 1.54) is 63.1 Å². The maximum absolute atomic E-state index is 13.0. The molecule has 234 valence electrons. The summed E-state index contributed by atoms with van der Waals surface area (Å²) in [4.78, 5) is 13.7. The van der Waals surface area contributed by atoms with E-state index in [-0.39, 0.29) is 10.8 Å². The molecular formula is C34H42ClN5O3S. The number of para-hydroxylation sites is 2. The van der Waals surface area contributed by atoms with E-state index >= 15 is 0 Å². The number of phenolic OH excluding ortho intramolecular Hbond substituents is 1. The van der Waals surface area contributed by atoms with Crippen LogP contribution in [0.15, 0.2) is 70.7 Å². The molecule has 1 aromatic heterocycles. The molecule has 0 aliphatic heterocycles. The number of rotatable bonds is 18. The van der Waals surface area contributed by atoms with Crippen molar-refractivity contribution in [3.05, 3.63) is 82.4 Å². The van der Waals surface area contributed by atoms with Crippen molar-refractivity contribution in [2.75, 3.05) is 6.61 Å². The molecule has 0 spiro atoms. The Hall–Kier alpha value is -3.56. The van der Waals surface area contributed by atoms with Crippen molar-refractivity contribution in [1.82, 2.24) is 20.2 Å². The molecule has 0 saturated heterocycles. The van der Waals surface area contributed by atoms with Gasteiger partial charge in [0.1, 0.15) is 11.5 Å². The number of halogens is 1. The van der Waals surface area contributed by atoms with Gasteiger partial charge in [0.15, 0.2) is 0 Å². The minimum absolute atomic E-state index is 0.138. The molecule has 44 heavy (non-hydrogen) atoms. The highest BCUT2D eigenvalue weighted by atomic mass is 35.5. The Morgan fingerprint density at radius 1 is 0.955 bits per heavy atom. The number of aromatic nitrogens is 4. The van der Waals surface area contributed by atoms with E-state index in [0.717, 1.165) is 18.5 Å². The lowest BCUT2D eigenvalue weighted by atomic mass is 9.88. The molecule has 1 atom stereocenters. The van der Waals surface area contributed by atoms with Gasteiger partial charge in [0.25, 0.3) is 0 Å². The Bertz CT molecular complexity index is 1500. The van der Waals surface area contributed by atoms with Crippen LogP contribution in [0.4, 0.5) is 0 Å². The zero-order chi connectivity index (χ0) is 31.3. The maximum Gasteiger partial charge on any atom is 0.229 e. The van der Waals surface area contributed by atoms with E-state index in [0.29, 0.717) is 39.1 Å². The number of nitrogens with two attached hydrogens (primary N) is 1. The molecule has 1 amide bonds. The number of carbonyl (C=O) groups is 1. The van der Waals surface area contributed by atoms with Crippen molar-refractivity contribution in [1.29, 1.82) is 0 Å². The van der Waals surface area contributed by atoms with Crippen LogP contribution in [-0.2, 0) is 4.79 Å². The van der Waals surface area contributed by atoms with Gasteiger partial charge in [-0.1, -0.05) is 113 Å². The van der Waals surface area contributed by atoms with Gasteiger partial charge in [0.05, 0.1) is 23.2 Å². The number of ether oxygens (including phenoxy) is 1. The van der Waals surface area contributed by atoms with Crippen molar-refractivity contribution in [2.45, 2.75) is 94.0 Å². The van der Waals surface area contributed by atoms with Gasteiger partial charge in [0.2, 0.25) is 11.1 Å². The summed E-state index contributed by atoms with van der Waals surface area (Å²) in [6.45, 7) is 4.57. The largest absolute Gasteiger partial charge is 0.506 e. The highest BCUT2D eigenvalue weighted by Gasteiger charge is 2.29. The average Bonchev–Trinajstić information content (AvgIpc) is 3.50. The number of carbonyl (C=O) groups excluding carboxylic acids is 1. The van der Waals surface area contributed by atoms with Crippen molar-refractivity contribution in [2.24, 2.45) is 5.73 Å². The first-order valence-electron chi connectivity index (χ1n) is 15.5. The summed E-state index contributed by atoms with van der Waals surface area (Å²) >= 11 is 7.93. The molecule has 0 aliphatic rings. The first-order valence-corrected chi connectivity index (χ1v) is 16.7. The van der Waals surface area contributed by atoms with Crippen LogP contribution in [0, 0.1) is 6.92 Å². The molecule has 10 heteroatoms. The summed E-state index contributed by atoms with van der Waals surface area (Å²) in [5.41, 5.74) is 8.29. The third-order valence-electron chi connectivity index (χ3n) is 7.69. The first kappa shape index (κ1) is 33.3. The maximum atomic E-state index is 13.0. The zero-order valence-corrected chi connectivity index (χ0v) is 27.1. The second-order valence-corrected chi connectivity index (χ2v) is 12.4. The smallest absolute Gasteiger partial charge is 0.229 e. The van der Waals surface area contributed by atoms with Crippen LogP contribution in [0.1, 0.15) is 93.7 Å². The highest BCUT2D eigenvalue weighted by molar-refractivity contribution is 7.99. The van der Waals surface area contributed by atoms with Gasteiger partial charge >= 0.3 is 0 Å². The molecular weight excluding hydrogens is 594 g/mol. The molecule has 0 aliphatic carbocycles. The van der Waals surface area contributed by atoms with E-state index in [4.69, 9.17) is 22.1 Å². The highest BCUT2D eigenvalue weighted by Crippen LogP contribution is 2.45. The Balaban J connectivity index is 1.49. The molecule has 4 aromatic rings. The minimum Gasteiger partial charge on any atom is -0.506 e. The predicted molar refractivity (Wildman–Crippen MR) is 176 cm³/mol. The van der Waals surface area contributed by atoms with Crippen LogP contribution >= 0.6 is 23.4 Å². The predicted octanol–water partition coefficient (Wildman–Crippen LogP) is 8.40. The monoisotopic (exact) mass is 635 g/mol. The lowest BCUT2D eigenvalue weighted by Crippen LogP contribution is -2.23. The third kappa shape index (κ3) is 8.76. The van der Waals surface area contributed by atoms with Crippen LogP contribution in [0.2, 0.25) is 5.02 Å². The fourth-order valence-corrected chi connectivity index (χ4v) is 6.44. The fourth-order valence-electron chi connectivity index (χ4n) is 5.22. The number of tetrazole rings is 1. The Labute approximate surface area is 269 Å². The SMILES string of the molecule is CCCCCCCCCCCCOc1ccccc1C(C(N)=O)c1cc(Sc2nnnn2-c2ccccc2)c(C)c(Cl)c1O. The van der Waals surface area contributed by atoms with E-state index in [1.807, 2.05) is 48.5 Å². The number of hydrogen-bond acceptors (Lipinski definition) is 7. The number of amides is 1. The van der Waals surface area contributed by atoms with Crippen LogP contribution in [0.5, 0.6) is 11.5 Å². The van der Waals surface area contributed by atoms with Gasteiger partial charge in [-0.3, -0.25) is 4.79 Å². The summed E-state index contributed by atoms with van der Waals surface area (Å²) in [6, 6.07) is 18.6. The number of unbranched alkanes of at least 4 members (excludes halogenated alkanes) is 9. The molecule has 0 bridgehead atoms. The van der Waals surface area contributed by atoms with Crippen LogP contribution in [-0.4, -0.2) is 37.8 Å². The van der Waals surface area contributed by atoms with Gasteiger partial charge in [-0.05, 0) is 65.4 Å². The van der Waals surface area contributed by atoms with Crippen LogP contribution < -0.4 is 10.5 Å². The molecule has 1 unspecified atom stereocenters. The van der Waals surface area contributed by atoms with Gasteiger partial charge in [-0.15, -0.1) is 5.10 Å². The van der Waals surface area contributed by atoms with Crippen molar-refractivity contribution in [3.63, 3.8) is 0 Å². The molecule has 3 N–H and O–H groups in total. The fraction of sp³-hybridized carbons (Fsp3) is 0.412. The lowest BCUT2D eigenvalue weighted by molar-refractivity contribution is -0.118. The van der Waals surface area contributed by atoms with Crippen molar-refractivity contribution >= 4 is 29.3 Å². The number of phenols is 1. The number of hydrogen-bond donors (Lipinski definition) is 2. The van der Waals surface area contributed by atoms with Gasteiger partial charge in [0, 0.05) is 16.0 Å². The summed E-state index contributed by atoms with van der Waals surface area (Å²) in [5.74, 6) is -1.24. The molecule has 1 heterocycles.